The molecule has 1 aromatic carbocycles. The average Bonchev–Trinajstić information content (AvgIpc) is 2.86. The fourth-order valence-corrected chi connectivity index (χ4v) is 2.52. The Bertz CT molecular complexity index is 561. The molecule has 0 atom stereocenters. The van der Waals surface area contributed by atoms with Crippen molar-refractivity contribution in [2.45, 2.75) is 0 Å². The molecule has 3 N–H and O–H groups in total. The number of nitrogens with zero attached hydrogens (tertiary/aromatic N) is 4. The SMILES string of the molecule is Nc1nc(N2CCN(c3ccccc3Cl)CC2)n[nH]1. The maximum absolute atomic E-state index is 6.21. The van der Waals surface area contributed by atoms with Crippen LogP contribution in [0.4, 0.5) is 17.6 Å². The number of para-hydroxylation sites is 1. The highest BCUT2D eigenvalue weighted by Crippen LogP contribution is 2.26. The van der Waals surface area contributed by atoms with Gasteiger partial charge in [-0.2, -0.15) is 4.98 Å². The minimum absolute atomic E-state index is 0.350. The summed E-state index contributed by atoms with van der Waals surface area (Å²) in [5, 5.41) is 7.52. The Hall–Kier alpha value is -1.95. The molecular weight excluding hydrogens is 264 g/mol. The second-order valence-corrected chi connectivity index (χ2v) is 4.85. The second kappa shape index (κ2) is 4.97. The lowest BCUT2D eigenvalue weighted by molar-refractivity contribution is 0.641. The molecule has 6 nitrogen and oxygen atoms in total. The first-order valence-electron chi connectivity index (χ1n) is 6.16. The number of nitrogen functional groups attached to an aromatic ring is 1. The summed E-state index contributed by atoms with van der Waals surface area (Å²) in [7, 11) is 0. The molecule has 1 aliphatic heterocycles. The Balaban J connectivity index is 1.68. The molecule has 2 heterocycles. The smallest absolute Gasteiger partial charge is 0.246 e. The molecule has 0 amide bonds. The molecule has 1 saturated heterocycles. The molecule has 3 rings (SSSR count). The number of nitrogens with two attached hydrogens (primary N) is 1. The summed E-state index contributed by atoms with van der Waals surface area (Å²) in [6.45, 7) is 3.47. The lowest BCUT2D eigenvalue weighted by atomic mass is 10.2. The number of hydrogen-bond acceptors (Lipinski definition) is 5. The van der Waals surface area contributed by atoms with E-state index in [2.05, 4.69) is 25.0 Å². The summed E-state index contributed by atoms with van der Waals surface area (Å²) in [4.78, 5) is 8.53. The molecule has 0 bridgehead atoms. The van der Waals surface area contributed by atoms with Gasteiger partial charge in [-0.3, -0.25) is 0 Å². The van der Waals surface area contributed by atoms with E-state index in [1.54, 1.807) is 0 Å². The number of rotatable bonds is 2. The Labute approximate surface area is 116 Å². The summed E-state index contributed by atoms with van der Waals surface area (Å²) in [5.41, 5.74) is 6.62. The third-order valence-corrected chi connectivity index (χ3v) is 3.57. The number of H-pyrrole nitrogens is 1. The van der Waals surface area contributed by atoms with Gasteiger partial charge in [0.15, 0.2) is 0 Å². The Kier molecular flexibility index (Phi) is 3.16. The topological polar surface area (TPSA) is 74.1 Å². The van der Waals surface area contributed by atoms with E-state index in [4.69, 9.17) is 17.3 Å². The van der Waals surface area contributed by atoms with Crippen molar-refractivity contribution in [3.05, 3.63) is 29.3 Å². The molecule has 0 unspecified atom stereocenters. The number of anilines is 3. The highest BCUT2D eigenvalue weighted by Gasteiger charge is 2.21. The van der Waals surface area contributed by atoms with E-state index < -0.39 is 0 Å². The minimum Gasteiger partial charge on any atom is -0.368 e. The van der Waals surface area contributed by atoms with Crippen LogP contribution < -0.4 is 15.5 Å². The molecule has 1 aromatic heterocycles. The maximum Gasteiger partial charge on any atom is 0.246 e. The molecule has 7 heteroatoms. The quantitative estimate of drug-likeness (QED) is 0.868. The van der Waals surface area contributed by atoms with Gasteiger partial charge in [0.1, 0.15) is 0 Å². The first-order chi connectivity index (χ1) is 9.24. The maximum atomic E-state index is 6.21. The number of aromatic amines is 1. The van der Waals surface area contributed by atoms with Gasteiger partial charge in [0.05, 0.1) is 10.7 Å². The molecular formula is C12H15ClN6. The van der Waals surface area contributed by atoms with Gasteiger partial charge in [-0.1, -0.05) is 23.7 Å². The summed E-state index contributed by atoms with van der Waals surface area (Å²) in [5.74, 6) is 1.01. The van der Waals surface area contributed by atoms with Crippen LogP contribution in [0, 0.1) is 0 Å². The number of nitrogens with one attached hydrogen (secondary N) is 1. The molecule has 0 spiro atoms. The van der Waals surface area contributed by atoms with E-state index in [1.165, 1.54) is 0 Å². The van der Waals surface area contributed by atoms with E-state index >= 15 is 0 Å². The Morgan fingerprint density at radius 1 is 1.11 bits per heavy atom. The molecule has 0 saturated carbocycles. The zero-order chi connectivity index (χ0) is 13.2. The van der Waals surface area contributed by atoms with Gasteiger partial charge in [-0.25, -0.2) is 5.10 Å². The summed E-state index contributed by atoms with van der Waals surface area (Å²) in [6, 6.07) is 7.91. The molecule has 0 radical (unpaired) electrons. The monoisotopic (exact) mass is 278 g/mol. The fraction of sp³-hybridized carbons (Fsp3) is 0.333. The van der Waals surface area contributed by atoms with Gasteiger partial charge in [0.2, 0.25) is 11.9 Å². The normalized spacial score (nSPS) is 15.8. The molecule has 1 aliphatic rings. The zero-order valence-electron chi connectivity index (χ0n) is 10.4. The van der Waals surface area contributed by atoms with Crippen molar-refractivity contribution >= 4 is 29.2 Å². The van der Waals surface area contributed by atoms with Crippen LogP contribution in [0.3, 0.4) is 0 Å². The van der Waals surface area contributed by atoms with Crippen molar-refractivity contribution in [3.8, 4) is 0 Å². The first-order valence-corrected chi connectivity index (χ1v) is 6.54. The number of benzene rings is 1. The van der Waals surface area contributed by atoms with Gasteiger partial charge in [0.25, 0.3) is 0 Å². The molecule has 1 fully saturated rings. The fourth-order valence-electron chi connectivity index (χ4n) is 2.26. The summed E-state index contributed by atoms with van der Waals surface area (Å²) >= 11 is 6.21. The predicted molar refractivity (Wildman–Crippen MR) is 76.7 cm³/mol. The van der Waals surface area contributed by atoms with Crippen LogP contribution in [-0.4, -0.2) is 41.4 Å². The standard InChI is InChI=1S/C12H15ClN6/c13-9-3-1-2-4-10(9)18-5-7-19(8-6-18)12-15-11(14)16-17-12/h1-4H,5-8H2,(H3,14,15,16,17). The van der Waals surface area contributed by atoms with Gasteiger partial charge in [-0.05, 0) is 12.1 Å². The number of hydrogen-bond donors (Lipinski definition) is 2. The number of aromatic nitrogens is 3. The molecule has 0 aliphatic carbocycles. The second-order valence-electron chi connectivity index (χ2n) is 4.45. The van der Waals surface area contributed by atoms with Gasteiger partial charge in [0, 0.05) is 26.2 Å². The van der Waals surface area contributed by atoms with Crippen molar-refractivity contribution in [2.24, 2.45) is 0 Å². The average molecular weight is 279 g/mol. The van der Waals surface area contributed by atoms with Crippen molar-refractivity contribution in [3.63, 3.8) is 0 Å². The molecule has 2 aromatic rings. The third kappa shape index (κ3) is 2.44. The van der Waals surface area contributed by atoms with E-state index in [1.807, 2.05) is 24.3 Å². The lowest BCUT2D eigenvalue weighted by Gasteiger charge is -2.35. The zero-order valence-corrected chi connectivity index (χ0v) is 11.1. The molecule has 19 heavy (non-hydrogen) atoms. The number of piperazine rings is 1. The van der Waals surface area contributed by atoms with Crippen LogP contribution in [0.5, 0.6) is 0 Å². The van der Waals surface area contributed by atoms with E-state index in [9.17, 15) is 0 Å². The van der Waals surface area contributed by atoms with Crippen molar-refractivity contribution in [1.82, 2.24) is 15.2 Å². The van der Waals surface area contributed by atoms with Crippen LogP contribution in [0.1, 0.15) is 0 Å². The van der Waals surface area contributed by atoms with Crippen LogP contribution in [0.25, 0.3) is 0 Å². The summed E-state index contributed by atoms with van der Waals surface area (Å²) in [6.07, 6.45) is 0. The lowest BCUT2D eigenvalue weighted by Crippen LogP contribution is -2.47. The van der Waals surface area contributed by atoms with Crippen LogP contribution in [-0.2, 0) is 0 Å². The van der Waals surface area contributed by atoms with E-state index in [0.29, 0.717) is 11.9 Å². The largest absolute Gasteiger partial charge is 0.368 e. The van der Waals surface area contributed by atoms with Crippen LogP contribution >= 0.6 is 11.6 Å². The van der Waals surface area contributed by atoms with Gasteiger partial charge < -0.3 is 15.5 Å². The Morgan fingerprint density at radius 3 is 2.42 bits per heavy atom. The number of halogens is 1. The van der Waals surface area contributed by atoms with Gasteiger partial charge >= 0.3 is 0 Å². The molecule has 100 valence electrons. The van der Waals surface area contributed by atoms with Crippen LogP contribution in [0.15, 0.2) is 24.3 Å². The highest BCUT2D eigenvalue weighted by atomic mass is 35.5. The highest BCUT2D eigenvalue weighted by molar-refractivity contribution is 6.33. The summed E-state index contributed by atoms with van der Waals surface area (Å²) < 4.78 is 0. The van der Waals surface area contributed by atoms with Crippen molar-refractivity contribution < 1.29 is 0 Å². The van der Waals surface area contributed by atoms with E-state index in [-0.39, 0.29) is 0 Å². The van der Waals surface area contributed by atoms with Crippen molar-refractivity contribution in [2.75, 3.05) is 41.7 Å². The predicted octanol–water partition coefficient (Wildman–Crippen LogP) is 1.37. The van der Waals surface area contributed by atoms with Crippen molar-refractivity contribution in [1.29, 1.82) is 0 Å². The minimum atomic E-state index is 0.350. The third-order valence-electron chi connectivity index (χ3n) is 3.25. The Morgan fingerprint density at radius 2 is 1.79 bits per heavy atom. The van der Waals surface area contributed by atoms with E-state index in [0.717, 1.165) is 36.9 Å². The van der Waals surface area contributed by atoms with Crippen LogP contribution in [0.2, 0.25) is 5.02 Å². The first kappa shape index (κ1) is 12.1. The van der Waals surface area contributed by atoms with Gasteiger partial charge in [-0.15, -0.1) is 5.10 Å².